The second kappa shape index (κ2) is 9.54. The molecule has 1 aliphatic rings. The summed E-state index contributed by atoms with van der Waals surface area (Å²) in [6.45, 7) is 6.86. The number of pyridine rings is 1. The first-order chi connectivity index (χ1) is 17.2. The van der Waals surface area contributed by atoms with Gasteiger partial charge >= 0.3 is 0 Å². The maximum Gasteiger partial charge on any atom is 0.267 e. The molecule has 2 aromatic heterocycles. The number of nitrogens with one attached hydrogen (secondary N) is 1. The summed E-state index contributed by atoms with van der Waals surface area (Å²) in [6, 6.07) is 13.0. The number of carbonyl (C=O) groups excluding carboxylic acids is 3. The number of β-amino-alcohol motifs (C(OH)–C–C–N with tert-alkyl or cyclic N) is 1. The third-order valence-corrected chi connectivity index (χ3v) is 8.05. The lowest BCUT2D eigenvalue weighted by molar-refractivity contribution is 0.100. The van der Waals surface area contributed by atoms with Gasteiger partial charge in [-0.3, -0.25) is 19.3 Å². The number of aryl methyl sites for hydroxylation is 1. The van der Waals surface area contributed by atoms with E-state index < -0.39 is 0 Å². The maximum atomic E-state index is 13.4. The van der Waals surface area contributed by atoms with Crippen LogP contribution in [0.3, 0.4) is 0 Å². The van der Waals surface area contributed by atoms with Crippen molar-refractivity contribution in [2.75, 3.05) is 18.4 Å². The molecule has 8 heteroatoms. The van der Waals surface area contributed by atoms with Crippen molar-refractivity contribution in [3.8, 4) is 0 Å². The number of benzene rings is 2. The van der Waals surface area contributed by atoms with E-state index >= 15 is 0 Å². The second-order valence-corrected chi connectivity index (χ2v) is 10.4. The van der Waals surface area contributed by atoms with Crippen molar-refractivity contribution in [2.24, 2.45) is 0 Å². The highest BCUT2D eigenvalue weighted by molar-refractivity contribution is 7.21. The molecule has 5 rings (SSSR count). The number of aliphatic hydroxyl groups is 1. The van der Waals surface area contributed by atoms with Gasteiger partial charge in [0.25, 0.3) is 5.91 Å². The highest BCUT2D eigenvalue weighted by atomic mass is 32.1. The fraction of sp³-hybridized carbons (Fsp3) is 0.286. The average Bonchev–Trinajstić information content (AvgIpc) is 3.41. The van der Waals surface area contributed by atoms with E-state index in [0.29, 0.717) is 50.6 Å². The lowest BCUT2D eigenvalue weighted by Gasteiger charge is -2.17. The first kappa shape index (κ1) is 24.2. The van der Waals surface area contributed by atoms with Crippen LogP contribution in [-0.2, 0) is 6.54 Å². The van der Waals surface area contributed by atoms with Gasteiger partial charge in [0.2, 0.25) is 0 Å². The Morgan fingerprint density at radius 1 is 1.11 bits per heavy atom. The molecular formula is C28H27N3O4S. The van der Waals surface area contributed by atoms with Crippen molar-refractivity contribution >= 4 is 55.6 Å². The minimum absolute atomic E-state index is 0.115. The molecule has 0 aliphatic carbocycles. The Labute approximate surface area is 212 Å². The topological polar surface area (TPSA) is 99.6 Å². The third kappa shape index (κ3) is 4.43. The van der Waals surface area contributed by atoms with Crippen molar-refractivity contribution in [3.63, 3.8) is 0 Å². The predicted molar refractivity (Wildman–Crippen MR) is 142 cm³/mol. The number of Topliss-reactive ketones (excluding diaryl/α,β-unsaturated/α-hetero) is 2. The van der Waals surface area contributed by atoms with Crippen LogP contribution in [0.2, 0.25) is 0 Å². The van der Waals surface area contributed by atoms with Crippen molar-refractivity contribution in [1.29, 1.82) is 0 Å². The molecule has 4 aromatic rings. The van der Waals surface area contributed by atoms with Crippen molar-refractivity contribution < 1.29 is 19.5 Å². The second-order valence-electron chi connectivity index (χ2n) is 9.35. The standard InChI is InChI=1S/C28H27N3O4S/c1-15-25-20(16(2)32)8-9-21(17(3)33)27(25)36-26(15)28(35)30-24-12-18(13-31-11-10-19(34)14-31)22-6-4-5-7-23(22)29-24/h4-9,12,19,34H,10-11,13-14H2,1-3H3,(H,29,30,35). The molecule has 1 aliphatic heterocycles. The molecule has 0 bridgehead atoms. The smallest absolute Gasteiger partial charge is 0.267 e. The van der Waals surface area contributed by atoms with E-state index in [1.54, 1.807) is 12.1 Å². The molecule has 1 amide bonds. The van der Waals surface area contributed by atoms with Gasteiger partial charge in [-0.25, -0.2) is 4.98 Å². The van der Waals surface area contributed by atoms with Crippen LogP contribution in [-0.4, -0.2) is 51.7 Å². The molecule has 1 fully saturated rings. The van der Waals surface area contributed by atoms with Gasteiger partial charge in [0.05, 0.1) is 16.5 Å². The molecule has 1 saturated heterocycles. The largest absolute Gasteiger partial charge is 0.392 e. The number of para-hydroxylation sites is 1. The maximum absolute atomic E-state index is 13.4. The summed E-state index contributed by atoms with van der Waals surface area (Å²) in [5.41, 5.74) is 3.47. The van der Waals surface area contributed by atoms with Gasteiger partial charge in [-0.2, -0.15) is 0 Å². The Morgan fingerprint density at radius 3 is 2.53 bits per heavy atom. The lowest BCUT2D eigenvalue weighted by Crippen LogP contribution is -2.22. The average molecular weight is 502 g/mol. The van der Waals surface area contributed by atoms with Crippen LogP contribution in [0.5, 0.6) is 0 Å². The summed E-state index contributed by atoms with van der Waals surface area (Å²) in [5.74, 6) is -0.126. The van der Waals surface area contributed by atoms with Gasteiger partial charge in [-0.15, -0.1) is 11.3 Å². The molecule has 0 saturated carbocycles. The fourth-order valence-electron chi connectivity index (χ4n) is 4.95. The van der Waals surface area contributed by atoms with Crippen molar-refractivity contribution in [2.45, 2.75) is 39.8 Å². The number of carbonyl (C=O) groups is 3. The molecule has 2 aromatic carbocycles. The number of anilines is 1. The van der Waals surface area contributed by atoms with Crippen LogP contribution in [0.1, 0.15) is 61.8 Å². The van der Waals surface area contributed by atoms with E-state index in [2.05, 4.69) is 15.2 Å². The number of amides is 1. The number of fused-ring (bicyclic) bond motifs is 2. The summed E-state index contributed by atoms with van der Waals surface area (Å²) < 4.78 is 0.651. The summed E-state index contributed by atoms with van der Waals surface area (Å²) in [7, 11) is 0. The minimum Gasteiger partial charge on any atom is -0.392 e. The Balaban J connectivity index is 1.53. The molecule has 1 atom stereocenters. The number of rotatable bonds is 6. The highest BCUT2D eigenvalue weighted by Gasteiger charge is 2.24. The zero-order chi connectivity index (χ0) is 25.6. The Bertz CT molecular complexity index is 1540. The highest BCUT2D eigenvalue weighted by Crippen LogP contribution is 2.37. The van der Waals surface area contributed by atoms with Gasteiger partial charge in [0.1, 0.15) is 5.82 Å². The van der Waals surface area contributed by atoms with Crippen molar-refractivity contribution in [1.82, 2.24) is 9.88 Å². The lowest BCUT2D eigenvalue weighted by atomic mass is 9.98. The van der Waals surface area contributed by atoms with Gasteiger partial charge in [-0.05, 0) is 62.6 Å². The number of aliphatic hydroxyl groups excluding tert-OH is 1. The molecule has 2 N–H and O–H groups in total. The van der Waals surface area contributed by atoms with Crippen LogP contribution in [0.15, 0.2) is 42.5 Å². The van der Waals surface area contributed by atoms with Gasteiger partial charge in [0, 0.05) is 46.2 Å². The predicted octanol–water partition coefficient (Wildman–Crippen LogP) is 4.98. The zero-order valence-electron chi connectivity index (χ0n) is 20.4. The first-order valence-corrected chi connectivity index (χ1v) is 12.7. The van der Waals surface area contributed by atoms with E-state index in [1.807, 2.05) is 37.3 Å². The molecule has 0 radical (unpaired) electrons. The molecule has 0 spiro atoms. The molecule has 7 nitrogen and oxygen atoms in total. The number of aromatic nitrogens is 1. The van der Waals surface area contributed by atoms with E-state index in [1.165, 1.54) is 25.2 Å². The fourth-order valence-corrected chi connectivity index (χ4v) is 6.24. The van der Waals surface area contributed by atoms with E-state index in [9.17, 15) is 19.5 Å². The first-order valence-electron chi connectivity index (χ1n) is 11.9. The monoisotopic (exact) mass is 501 g/mol. The Kier molecular flexibility index (Phi) is 6.42. The van der Waals surface area contributed by atoms with E-state index in [0.717, 1.165) is 29.4 Å². The Hall–Kier alpha value is -3.46. The molecule has 184 valence electrons. The van der Waals surface area contributed by atoms with E-state index in [-0.39, 0.29) is 23.6 Å². The van der Waals surface area contributed by atoms with Crippen LogP contribution in [0.4, 0.5) is 5.82 Å². The van der Waals surface area contributed by atoms with Crippen molar-refractivity contribution in [3.05, 3.63) is 69.6 Å². The number of thiophene rings is 1. The van der Waals surface area contributed by atoms with Gasteiger partial charge in [0.15, 0.2) is 11.6 Å². The number of hydrogen-bond donors (Lipinski definition) is 2. The molecule has 3 heterocycles. The van der Waals surface area contributed by atoms with Gasteiger partial charge < -0.3 is 10.4 Å². The summed E-state index contributed by atoms with van der Waals surface area (Å²) in [4.78, 5) is 45.3. The molecule has 36 heavy (non-hydrogen) atoms. The number of hydrogen-bond acceptors (Lipinski definition) is 7. The quantitative estimate of drug-likeness (QED) is 0.362. The van der Waals surface area contributed by atoms with Crippen LogP contribution in [0, 0.1) is 6.92 Å². The molecule has 1 unspecified atom stereocenters. The SMILES string of the molecule is CC(=O)c1ccc(C(C)=O)c2c(C)c(C(=O)Nc3cc(CN4CCC(O)C4)c4ccccc4n3)sc12. The summed E-state index contributed by atoms with van der Waals surface area (Å²) >= 11 is 1.22. The number of ketones is 2. The van der Waals surface area contributed by atoms with Gasteiger partial charge in [-0.1, -0.05) is 18.2 Å². The van der Waals surface area contributed by atoms with Crippen LogP contribution in [0.25, 0.3) is 21.0 Å². The summed E-state index contributed by atoms with van der Waals surface area (Å²) in [5, 5.41) is 14.5. The van der Waals surface area contributed by atoms with E-state index in [4.69, 9.17) is 0 Å². The van der Waals surface area contributed by atoms with Crippen LogP contribution < -0.4 is 5.32 Å². The Morgan fingerprint density at radius 2 is 1.83 bits per heavy atom. The number of likely N-dealkylation sites (tertiary alicyclic amines) is 1. The summed E-state index contributed by atoms with van der Waals surface area (Å²) in [6.07, 6.45) is 0.440. The minimum atomic E-state index is -0.331. The normalized spacial score (nSPS) is 16.1. The zero-order valence-corrected chi connectivity index (χ0v) is 21.2. The third-order valence-electron chi connectivity index (χ3n) is 6.73. The molecular weight excluding hydrogens is 474 g/mol. The van der Waals surface area contributed by atoms with Crippen LogP contribution >= 0.6 is 11.3 Å². The number of nitrogens with zero attached hydrogens (tertiary/aromatic N) is 2.